The molecule has 0 unspecified atom stereocenters. The van der Waals surface area contributed by atoms with E-state index in [1.54, 1.807) is 24.5 Å². The van der Waals surface area contributed by atoms with Gasteiger partial charge in [0.05, 0.1) is 35.5 Å². The monoisotopic (exact) mass is 766 g/mol. The third kappa shape index (κ3) is 8.79. The Bertz CT molecular complexity index is 2420. The van der Waals surface area contributed by atoms with Crippen molar-refractivity contribution in [3.63, 3.8) is 0 Å². The molecule has 0 saturated heterocycles. The molecule has 2 aromatic carbocycles. The van der Waals surface area contributed by atoms with Gasteiger partial charge in [0, 0.05) is 46.9 Å². The van der Waals surface area contributed by atoms with E-state index in [0.29, 0.717) is 55.1 Å². The Balaban J connectivity index is 0.000000188. The average Bonchev–Trinajstić information content (AvgIpc) is 3.99. The number of nitrogens with two attached hydrogens (primary N) is 1. The van der Waals surface area contributed by atoms with Gasteiger partial charge in [-0.3, -0.25) is 19.7 Å². The number of amides is 2. The highest BCUT2D eigenvalue weighted by atomic mass is 32.1. The summed E-state index contributed by atoms with van der Waals surface area (Å²) >= 11 is 2.46. The van der Waals surface area contributed by atoms with E-state index in [-0.39, 0.29) is 17.2 Å². The van der Waals surface area contributed by atoms with E-state index in [4.69, 9.17) is 14.8 Å². The molecule has 7 aromatic rings. The van der Waals surface area contributed by atoms with Crippen molar-refractivity contribution in [2.24, 2.45) is 4.99 Å². The number of hydrogen-bond donors (Lipinski definition) is 6. The van der Waals surface area contributed by atoms with Crippen LogP contribution in [0.5, 0.6) is 0 Å². The number of carbonyl (C=O) groups excluding carboxylic acids is 2. The Kier molecular flexibility index (Phi) is 11.1. The zero-order valence-electron chi connectivity index (χ0n) is 30.3. The van der Waals surface area contributed by atoms with Gasteiger partial charge in [-0.05, 0) is 44.0 Å². The molecule has 278 valence electrons. The summed E-state index contributed by atoms with van der Waals surface area (Å²) in [4.78, 5) is 39.0. The van der Waals surface area contributed by atoms with E-state index < -0.39 is 0 Å². The molecule has 2 amide bonds. The molecule has 18 heteroatoms. The van der Waals surface area contributed by atoms with Gasteiger partial charge in [0.2, 0.25) is 0 Å². The molecule has 7 rings (SSSR count). The van der Waals surface area contributed by atoms with E-state index in [1.807, 2.05) is 65.8 Å². The first-order valence-electron chi connectivity index (χ1n) is 16.7. The van der Waals surface area contributed by atoms with Crippen molar-refractivity contribution >= 4 is 90.6 Å². The van der Waals surface area contributed by atoms with Crippen LogP contribution in [-0.4, -0.2) is 55.1 Å². The maximum Gasteiger partial charge on any atom is 0.267 e. The minimum absolute atomic E-state index is 0.144. The van der Waals surface area contributed by atoms with Crippen LogP contribution < -0.4 is 27.0 Å². The molecule has 0 aliphatic rings. The zero-order chi connectivity index (χ0) is 38.4. The van der Waals surface area contributed by atoms with Crippen molar-refractivity contribution in [2.75, 3.05) is 33.5 Å². The van der Waals surface area contributed by atoms with E-state index in [9.17, 15) is 9.59 Å². The summed E-state index contributed by atoms with van der Waals surface area (Å²) in [5, 5.41) is 28.6. The van der Waals surface area contributed by atoms with Crippen LogP contribution in [0, 0.1) is 13.8 Å². The summed E-state index contributed by atoms with van der Waals surface area (Å²) in [5.74, 6) is 1.35. The topological polar surface area (TPSA) is 227 Å². The molecule has 0 spiro atoms. The van der Waals surface area contributed by atoms with Gasteiger partial charge in [0.15, 0.2) is 21.9 Å². The first kappa shape index (κ1) is 37.4. The lowest BCUT2D eigenvalue weighted by atomic mass is 9.93. The number of aryl methyl sites for hydroxylation is 2. The summed E-state index contributed by atoms with van der Waals surface area (Å²) in [5.41, 5.74) is 11.3. The molecular weight excluding hydrogens is 729 g/mol. The fourth-order valence-corrected chi connectivity index (χ4v) is 6.37. The Morgan fingerprint density at radius 2 is 1.54 bits per heavy atom. The predicted octanol–water partition coefficient (Wildman–Crippen LogP) is 8.07. The zero-order valence-corrected chi connectivity index (χ0v) is 31.9. The molecule has 0 fully saturated rings. The van der Waals surface area contributed by atoms with E-state index in [2.05, 4.69) is 56.7 Å². The van der Waals surface area contributed by atoms with Crippen LogP contribution in [0.2, 0.25) is 0 Å². The number of aromatic amines is 1. The minimum atomic E-state index is -0.268. The van der Waals surface area contributed by atoms with Crippen molar-refractivity contribution in [3.05, 3.63) is 93.5 Å². The number of hydrogen-bond acceptors (Lipinski definition) is 15. The Hall–Kier alpha value is -6.40. The van der Waals surface area contributed by atoms with Gasteiger partial charge in [0.1, 0.15) is 21.8 Å². The lowest BCUT2D eigenvalue weighted by Gasteiger charge is -2.13. The summed E-state index contributed by atoms with van der Waals surface area (Å²) in [6.45, 7) is 12.5. The number of nitrogen functional groups attached to an aromatic ring is 1. The number of fused-ring (bicyclic) bond motifs is 1. The number of carbonyl (C=O) groups is 2. The number of H-pyrrole nitrogens is 1. The average molecular weight is 767 g/mol. The Morgan fingerprint density at radius 3 is 2.17 bits per heavy atom. The second-order valence-electron chi connectivity index (χ2n) is 12.9. The smallest absolute Gasteiger partial charge is 0.267 e. The molecule has 16 nitrogen and oxygen atoms in total. The second-order valence-corrected chi connectivity index (χ2v) is 15.0. The van der Waals surface area contributed by atoms with Gasteiger partial charge in [-0.2, -0.15) is 5.10 Å². The van der Waals surface area contributed by atoms with Gasteiger partial charge in [-0.1, -0.05) is 65.9 Å². The largest absolute Gasteiger partial charge is 0.398 e. The van der Waals surface area contributed by atoms with Crippen LogP contribution in [0.15, 0.2) is 75.3 Å². The van der Waals surface area contributed by atoms with Crippen LogP contribution in [-0.2, 0) is 5.41 Å². The number of benzene rings is 2. The van der Waals surface area contributed by atoms with Crippen LogP contribution in [0.1, 0.15) is 69.5 Å². The quantitative estimate of drug-likeness (QED) is 0.0574. The molecule has 0 aliphatic heterocycles. The standard InChI is InChI=1S/C21H26N6O2S.C15H12N6O2S/c1-6-23-10-13-14(22)8-7-12(2)18(13)26-19(28)15-11-24-20(30-15)25-17-9-16(29-27-17)21(3,4)5;1-8-2-3-10-9(6-17-20-10)13(8)19-14(22)11-7-16-15(24-11)18-12-4-5-23-21-12/h7-11H,6,22H2,1-5H3,(H,26,28)(H,24,25,27);2-7H,1H3,(H,17,20)(H,19,22)(H,16,18,21). The van der Waals surface area contributed by atoms with Gasteiger partial charge in [-0.25, -0.2) is 9.97 Å². The number of nitrogens with one attached hydrogen (secondary N) is 5. The highest BCUT2D eigenvalue weighted by Crippen LogP contribution is 2.31. The predicted molar refractivity (Wildman–Crippen MR) is 213 cm³/mol. The first-order valence-corrected chi connectivity index (χ1v) is 18.3. The van der Waals surface area contributed by atoms with Gasteiger partial charge in [0.25, 0.3) is 11.8 Å². The summed E-state index contributed by atoms with van der Waals surface area (Å²) in [6.07, 6.45) is 7.89. The van der Waals surface area contributed by atoms with Crippen molar-refractivity contribution < 1.29 is 18.6 Å². The SMILES string of the molecule is CCN=Cc1c(N)ccc(C)c1NC(=O)c1cnc(Nc2cc(C(C)(C)C)on2)s1.Cc1ccc2[nH]ncc2c1NC(=O)c1cnc(Nc2ccon2)s1. The lowest BCUT2D eigenvalue weighted by molar-refractivity contribution is 0.102. The van der Waals surface area contributed by atoms with Gasteiger partial charge in [-0.15, -0.1) is 0 Å². The van der Waals surface area contributed by atoms with Crippen LogP contribution in [0.3, 0.4) is 0 Å². The number of rotatable bonds is 10. The van der Waals surface area contributed by atoms with Crippen molar-refractivity contribution in [1.82, 2.24) is 30.5 Å². The molecule has 0 aliphatic carbocycles. The van der Waals surface area contributed by atoms with Crippen LogP contribution in [0.25, 0.3) is 10.9 Å². The highest BCUT2D eigenvalue weighted by molar-refractivity contribution is 7.18. The first-order chi connectivity index (χ1) is 25.9. The molecular formula is C36H38N12O4S2. The molecule has 54 heavy (non-hydrogen) atoms. The molecule has 0 saturated carbocycles. The molecule has 0 radical (unpaired) electrons. The van der Waals surface area contributed by atoms with Crippen LogP contribution in [0.4, 0.5) is 39.0 Å². The Morgan fingerprint density at radius 1 is 0.889 bits per heavy atom. The molecule has 5 heterocycles. The fraction of sp³-hybridized carbons (Fsp3) is 0.222. The normalized spacial score (nSPS) is 11.4. The molecule has 7 N–H and O–H groups in total. The Labute approximate surface area is 317 Å². The van der Waals surface area contributed by atoms with E-state index in [0.717, 1.165) is 33.5 Å². The summed E-state index contributed by atoms with van der Waals surface area (Å²) in [7, 11) is 0. The van der Waals surface area contributed by atoms with E-state index >= 15 is 0 Å². The van der Waals surface area contributed by atoms with Crippen molar-refractivity contribution in [3.8, 4) is 0 Å². The number of aliphatic imine (C=N–C) groups is 1. The number of aromatic nitrogens is 6. The second kappa shape index (κ2) is 16.1. The minimum Gasteiger partial charge on any atom is -0.398 e. The fourth-order valence-electron chi connectivity index (χ4n) is 4.93. The maximum atomic E-state index is 12.8. The summed E-state index contributed by atoms with van der Waals surface area (Å²) < 4.78 is 10.1. The molecule has 0 bridgehead atoms. The highest BCUT2D eigenvalue weighted by Gasteiger charge is 2.21. The number of nitrogens with zero attached hydrogens (tertiary/aromatic N) is 6. The van der Waals surface area contributed by atoms with E-state index in [1.165, 1.54) is 41.3 Å². The number of thiazole rings is 2. The van der Waals surface area contributed by atoms with Gasteiger partial charge >= 0.3 is 0 Å². The maximum absolute atomic E-state index is 12.8. The third-order valence-corrected chi connectivity index (χ3v) is 9.64. The summed E-state index contributed by atoms with van der Waals surface area (Å²) in [6, 6.07) is 11.0. The molecule has 0 atom stereocenters. The number of anilines is 7. The molecule has 5 aromatic heterocycles. The van der Waals surface area contributed by atoms with Crippen LogP contribution >= 0.6 is 22.7 Å². The third-order valence-electron chi connectivity index (χ3n) is 7.82. The lowest BCUT2D eigenvalue weighted by Crippen LogP contribution is -2.14. The van der Waals surface area contributed by atoms with Gasteiger partial charge < -0.3 is 36.0 Å². The van der Waals surface area contributed by atoms with Crippen molar-refractivity contribution in [2.45, 2.75) is 47.0 Å². The van der Waals surface area contributed by atoms with Crippen molar-refractivity contribution in [1.29, 1.82) is 0 Å².